The number of carbonyl (C=O) groups excluding carboxylic acids is 2. The molecule has 0 spiro atoms. The lowest BCUT2D eigenvalue weighted by Crippen LogP contribution is -2.53. The number of rotatable bonds is 8. The Hall–Kier alpha value is -2.08. The molecule has 3 aliphatic rings. The molecule has 2 amide bonds. The molecular weight excluding hydrogens is 416 g/mol. The lowest BCUT2D eigenvalue weighted by molar-refractivity contribution is -0.126. The second-order valence-corrected chi connectivity index (χ2v) is 11.6. The molecule has 182 valence electrons. The number of nitrogens with one attached hydrogen (secondary N) is 2. The Morgan fingerprint density at radius 3 is 2.42 bits per heavy atom. The monoisotopic (exact) mass is 456 g/mol. The predicted octanol–water partition coefficient (Wildman–Crippen LogP) is 3.95. The molecule has 6 heteroatoms. The first kappa shape index (κ1) is 24.1. The molecular formula is C27H40N2O4. The van der Waals surface area contributed by atoms with E-state index < -0.39 is 5.60 Å². The average molecular weight is 457 g/mol. The summed E-state index contributed by atoms with van der Waals surface area (Å²) in [4.78, 5) is 25.5. The molecule has 3 aliphatic carbocycles. The molecule has 1 aromatic carbocycles. The van der Waals surface area contributed by atoms with Crippen molar-refractivity contribution in [2.45, 2.75) is 90.3 Å². The third-order valence-electron chi connectivity index (χ3n) is 8.57. The van der Waals surface area contributed by atoms with E-state index in [9.17, 15) is 14.7 Å². The first-order valence-corrected chi connectivity index (χ1v) is 12.5. The number of carbonyl (C=O) groups is 2. The van der Waals surface area contributed by atoms with E-state index in [1.165, 1.54) is 0 Å². The van der Waals surface area contributed by atoms with Gasteiger partial charge in [-0.05, 0) is 86.3 Å². The van der Waals surface area contributed by atoms with Crippen LogP contribution in [0.15, 0.2) is 24.3 Å². The second-order valence-electron chi connectivity index (χ2n) is 11.6. The van der Waals surface area contributed by atoms with E-state index in [0.717, 1.165) is 49.8 Å². The molecule has 0 saturated heterocycles. The van der Waals surface area contributed by atoms with E-state index in [4.69, 9.17) is 4.74 Å². The molecule has 4 rings (SSSR count). The number of amides is 2. The van der Waals surface area contributed by atoms with Gasteiger partial charge in [0.15, 0.2) is 0 Å². The maximum atomic E-state index is 12.8. The standard InChI is InChI=1S/C27H40N2O4/c1-25(2)16-22(29-24(31)19-7-8-19)27(14-13-26(3,32)15-21(25)27)12-11-23(30)28-17-18-5-9-20(33-4)10-6-18/h5-6,9-10,19,21-22,32H,7-8,11-17H2,1-4H3,(H,28,30)(H,29,31)/t21-,22-,26-,27-/m0/s1. The summed E-state index contributed by atoms with van der Waals surface area (Å²) in [7, 11) is 1.64. The Morgan fingerprint density at radius 2 is 1.79 bits per heavy atom. The van der Waals surface area contributed by atoms with E-state index in [2.05, 4.69) is 24.5 Å². The van der Waals surface area contributed by atoms with Crippen molar-refractivity contribution in [3.8, 4) is 5.75 Å². The van der Waals surface area contributed by atoms with Gasteiger partial charge in [-0.1, -0.05) is 26.0 Å². The highest BCUT2D eigenvalue weighted by atomic mass is 16.5. The van der Waals surface area contributed by atoms with Crippen LogP contribution in [0.2, 0.25) is 0 Å². The smallest absolute Gasteiger partial charge is 0.223 e. The third kappa shape index (κ3) is 5.21. The molecule has 33 heavy (non-hydrogen) atoms. The summed E-state index contributed by atoms with van der Waals surface area (Å²) in [6, 6.07) is 7.77. The molecule has 0 bridgehead atoms. The van der Waals surface area contributed by atoms with Crippen molar-refractivity contribution in [2.75, 3.05) is 7.11 Å². The molecule has 0 unspecified atom stereocenters. The zero-order chi connectivity index (χ0) is 23.9. The van der Waals surface area contributed by atoms with Crippen molar-refractivity contribution in [1.82, 2.24) is 10.6 Å². The molecule has 0 radical (unpaired) electrons. The highest BCUT2D eigenvalue weighted by Gasteiger charge is 2.61. The summed E-state index contributed by atoms with van der Waals surface area (Å²) in [5.74, 6) is 1.45. The second kappa shape index (κ2) is 8.94. The number of methoxy groups -OCH3 is 1. The molecule has 6 nitrogen and oxygen atoms in total. The van der Waals surface area contributed by atoms with Gasteiger partial charge in [0, 0.05) is 24.9 Å². The Labute approximate surface area is 197 Å². The lowest BCUT2D eigenvalue weighted by atomic mass is 9.57. The molecule has 0 aromatic heterocycles. The van der Waals surface area contributed by atoms with Crippen LogP contribution in [0, 0.1) is 22.7 Å². The molecule has 3 N–H and O–H groups in total. The van der Waals surface area contributed by atoms with Crippen LogP contribution in [-0.4, -0.2) is 35.7 Å². The summed E-state index contributed by atoms with van der Waals surface area (Å²) < 4.78 is 5.19. The van der Waals surface area contributed by atoms with Crippen molar-refractivity contribution in [2.24, 2.45) is 22.7 Å². The van der Waals surface area contributed by atoms with Gasteiger partial charge in [-0.2, -0.15) is 0 Å². The van der Waals surface area contributed by atoms with Crippen LogP contribution in [0.4, 0.5) is 0 Å². The van der Waals surface area contributed by atoms with E-state index in [1.54, 1.807) is 7.11 Å². The van der Waals surface area contributed by atoms with Crippen LogP contribution >= 0.6 is 0 Å². The van der Waals surface area contributed by atoms with Gasteiger partial charge in [0.1, 0.15) is 5.75 Å². The molecule has 1 aromatic rings. The van der Waals surface area contributed by atoms with E-state index >= 15 is 0 Å². The number of hydrogen-bond donors (Lipinski definition) is 3. The Morgan fingerprint density at radius 1 is 1.09 bits per heavy atom. The van der Waals surface area contributed by atoms with Crippen LogP contribution in [-0.2, 0) is 16.1 Å². The molecule has 0 aliphatic heterocycles. The number of ether oxygens (including phenoxy) is 1. The Bertz CT molecular complexity index is 875. The number of hydrogen-bond acceptors (Lipinski definition) is 4. The highest BCUT2D eigenvalue weighted by Crippen LogP contribution is 2.64. The summed E-state index contributed by atoms with van der Waals surface area (Å²) >= 11 is 0. The normalized spacial score (nSPS) is 32.6. The van der Waals surface area contributed by atoms with Crippen LogP contribution < -0.4 is 15.4 Å². The fourth-order valence-corrected chi connectivity index (χ4v) is 6.45. The minimum absolute atomic E-state index is 0.00543. The molecule has 4 atom stereocenters. The fourth-order valence-electron chi connectivity index (χ4n) is 6.45. The third-order valence-corrected chi connectivity index (χ3v) is 8.57. The molecule has 3 fully saturated rings. The lowest BCUT2D eigenvalue weighted by Gasteiger charge is -2.50. The van der Waals surface area contributed by atoms with Gasteiger partial charge in [0.25, 0.3) is 0 Å². The van der Waals surface area contributed by atoms with Gasteiger partial charge in [-0.3, -0.25) is 9.59 Å². The van der Waals surface area contributed by atoms with Gasteiger partial charge in [0.05, 0.1) is 12.7 Å². The topological polar surface area (TPSA) is 87.7 Å². The van der Waals surface area contributed by atoms with Crippen LogP contribution in [0.3, 0.4) is 0 Å². The first-order chi connectivity index (χ1) is 15.5. The first-order valence-electron chi connectivity index (χ1n) is 12.5. The quantitative estimate of drug-likeness (QED) is 0.553. The van der Waals surface area contributed by atoms with E-state index in [0.29, 0.717) is 19.4 Å². The number of benzene rings is 1. The van der Waals surface area contributed by atoms with Gasteiger partial charge in [-0.15, -0.1) is 0 Å². The van der Waals surface area contributed by atoms with E-state index in [-0.39, 0.29) is 40.5 Å². The maximum Gasteiger partial charge on any atom is 0.223 e. The predicted molar refractivity (Wildman–Crippen MR) is 128 cm³/mol. The largest absolute Gasteiger partial charge is 0.497 e. The summed E-state index contributed by atoms with van der Waals surface area (Å²) in [5, 5.41) is 17.3. The minimum Gasteiger partial charge on any atom is -0.497 e. The Balaban J connectivity index is 1.44. The average Bonchev–Trinajstić information content (AvgIpc) is 3.59. The van der Waals surface area contributed by atoms with Crippen LogP contribution in [0.5, 0.6) is 5.75 Å². The van der Waals surface area contributed by atoms with Crippen molar-refractivity contribution < 1.29 is 19.4 Å². The van der Waals surface area contributed by atoms with Crippen molar-refractivity contribution in [3.63, 3.8) is 0 Å². The van der Waals surface area contributed by atoms with Gasteiger partial charge in [0.2, 0.25) is 11.8 Å². The van der Waals surface area contributed by atoms with E-state index in [1.807, 2.05) is 31.2 Å². The maximum absolute atomic E-state index is 12.8. The summed E-state index contributed by atoms with van der Waals surface area (Å²) in [6.45, 7) is 6.95. The zero-order valence-corrected chi connectivity index (χ0v) is 20.6. The van der Waals surface area contributed by atoms with Crippen LogP contribution in [0.25, 0.3) is 0 Å². The summed E-state index contributed by atoms with van der Waals surface area (Å²) in [5.41, 5.74) is 0.210. The van der Waals surface area contributed by atoms with Crippen molar-refractivity contribution >= 4 is 11.8 Å². The minimum atomic E-state index is -0.683. The van der Waals surface area contributed by atoms with Crippen molar-refractivity contribution in [3.05, 3.63) is 29.8 Å². The van der Waals surface area contributed by atoms with Gasteiger partial charge in [-0.25, -0.2) is 0 Å². The molecule has 3 saturated carbocycles. The van der Waals surface area contributed by atoms with Crippen LogP contribution in [0.1, 0.15) is 77.7 Å². The SMILES string of the molecule is COc1ccc(CNC(=O)CC[C@]23CC[C@](C)(O)C[C@H]2C(C)(C)C[C@@H]3NC(=O)C2CC2)cc1. The Kier molecular flexibility index (Phi) is 6.51. The van der Waals surface area contributed by atoms with Gasteiger partial charge >= 0.3 is 0 Å². The number of aliphatic hydroxyl groups is 1. The number of fused-ring (bicyclic) bond motifs is 1. The highest BCUT2D eigenvalue weighted by molar-refractivity contribution is 5.81. The van der Waals surface area contributed by atoms with Crippen molar-refractivity contribution in [1.29, 1.82) is 0 Å². The molecule has 0 heterocycles. The summed E-state index contributed by atoms with van der Waals surface area (Å²) in [6.07, 6.45) is 6.32. The fraction of sp³-hybridized carbons (Fsp3) is 0.704. The van der Waals surface area contributed by atoms with Gasteiger partial charge < -0.3 is 20.5 Å². The zero-order valence-electron chi connectivity index (χ0n) is 20.6.